The summed E-state index contributed by atoms with van der Waals surface area (Å²) in [6.45, 7) is 2.44. The second-order valence-corrected chi connectivity index (χ2v) is 6.08. The van der Waals surface area contributed by atoms with E-state index in [9.17, 15) is 14.3 Å². The minimum atomic E-state index is -0.597. The van der Waals surface area contributed by atoms with Crippen molar-refractivity contribution in [2.45, 2.75) is 19.4 Å². The van der Waals surface area contributed by atoms with Crippen LogP contribution in [0.15, 0.2) is 42.7 Å². The van der Waals surface area contributed by atoms with Crippen LogP contribution in [0.25, 0.3) is 0 Å². The SMILES string of the molecule is Cc1ccc(C(=O)N2C[C@@H](Cc3ccncc3)[C@H](O)C2)c(F)c1. The van der Waals surface area contributed by atoms with E-state index in [2.05, 4.69) is 4.98 Å². The molecule has 120 valence electrons. The molecular weight excluding hydrogens is 295 g/mol. The molecular formula is C18H19FN2O2. The molecule has 0 spiro atoms. The van der Waals surface area contributed by atoms with E-state index in [1.54, 1.807) is 25.4 Å². The molecule has 1 aromatic carbocycles. The smallest absolute Gasteiger partial charge is 0.256 e. The third-order valence-corrected chi connectivity index (χ3v) is 4.30. The number of nitrogens with zero attached hydrogens (tertiary/aromatic N) is 2. The van der Waals surface area contributed by atoms with Crippen LogP contribution in [-0.4, -0.2) is 40.1 Å². The van der Waals surface area contributed by atoms with Crippen molar-refractivity contribution in [1.29, 1.82) is 0 Å². The number of carbonyl (C=O) groups excluding carboxylic acids is 1. The average Bonchev–Trinajstić information content (AvgIpc) is 2.89. The number of aliphatic hydroxyl groups excluding tert-OH is 1. The lowest BCUT2D eigenvalue weighted by Crippen LogP contribution is -2.30. The maximum Gasteiger partial charge on any atom is 0.256 e. The Morgan fingerprint density at radius 3 is 2.74 bits per heavy atom. The Hall–Kier alpha value is -2.27. The summed E-state index contributed by atoms with van der Waals surface area (Å²) >= 11 is 0. The van der Waals surface area contributed by atoms with Crippen molar-refractivity contribution in [3.05, 3.63) is 65.2 Å². The van der Waals surface area contributed by atoms with E-state index in [1.165, 1.54) is 17.0 Å². The van der Waals surface area contributed by atoms with Gasteiger partial charge in [-0.05, 0) is 48.7 Å². The average molecular weight is 314 g/mol. The third-order valence-electron chi connectivity index (χ3n) is 4.30. The fraction of sp³-hybridized carbons (Fsp3) is 0.333. The molecule has 1 aliphatic heterocycles. The highest BCUT2D eigenvalue weighted by atomic mass is 19.1. The van der Waals surface area contributed by atoms with Crippen LogP contribution >= 0.6 is 0 Å². The van der Waals surface area contributed by atoms with Crippen LogP contribution < -0.4 is 0 Å². The quantitative estimate of drug-likeness (QED) is 0.945. The van der Waals surface area contributed by atoms with Gasteiger partial charge in [0.05, 0.1) is 11.7 Å². The molecule has 1 amide bonds. The van der Waals surface area contributed by atoms with E-state index in [-0.39, 0.29) is 23.9 Å². The second-order valence-electron chi connectivity index (χ2n) is 6.08. The van der Waals surface area contributed by atoms with Crippen LogP contribution in [0.4, 0.5) is 4.39 Å². The molecule has 3 rings (SSSR count). The van der Waals surface area contributed by atoms with Crippen LogP contribution in [0, 0.1) is 18.7 Å². The summed E-state index contributed by atoms with van der Waals surface area (Å²) in [5.41, 5.74) is 1.91. The number of halogens is 1. The molecule has 0 bridgehead atoms. The van der Waals surface area contributed by atoms with Crippen LogP contribution in [0.1, 0.15) is 21.5 Å². The largest absolute Gasteiger partial charge is 0.391 e. The fourth-order valence-electron chi connectivity index (χ4n) is 3.01. The van der Waals surface area contributed by atoms with Crippen LogP contribution in [0.5, 0.6) is 0 Å². The number of aryl methyl sites for hydroxylation is 1. The number of pyridine rings is 1. The van der Waals surface area contributed by atoms with Crippen LogP contribution in [0.3, 0.4) is 0 Å². The molecule has 2 heterocycles. The van der Waals surface area contributed by atoms with Gasteiger partial charge in [0.25, 0.3) is 5.91 Å². The van der Waals surface area contributed by atoms with Crippen molar-refractivity contribution in [1.82, 2.24) is 9.88 Å². The highest BCUT2D eigenvalue weighted by molar-refractivity contribution is 5.94. The summed E-state index contributed by atoms with van der Waals surface area (Å²) in [4.78, 5) is 18.0. The first-order chi connectivity index (χ1) is 11.0. The number of hydrogen-bond donors (Lipinski definition) is 1. The van der Waals surface area contributed by atoms with Gasteiger partial charge in [0.2, 0.25) is 0 Å². The molecule has 0 radical (unpaired) electrons. The molecule has 5 heteroatoms. The summed E-state index contributed by atoms with van der Waals surface area (Å²) in [6, 6.07) is 8.38. The Kier molecular flexibility index (Phi) is 4.39. The molecule has 0 unspecified atom stereocenters. The predicted octanol–water partition coefficient (Wildman–Crippen LogP) is 2.20. The lowest BCUT2D eigenvalue weighted by atomic mass is 9.97. The zero-order valence-corrected chi connectivity index (χ0v) is 12.9. The van der Waals surface area contributed by atoms with E-state index >= 15 is 0 Å². The Balaban J connectivity index is 1.71. The minimum Gasteiger partial charge on any atom is -0.391 e. The van der Waals surface area contributed by atoms with Gasteiger partial charge >= 0.3 is 0 Å². The molecule has 0 saturated carbocycles. The van der Waals surface area contributed by atoms with Crippen molar-refractivity contribution in [2.24, 2.45) is 5.92 Å². The number of rotatable bonds is 3. The van der Waals surface area contributed by atoms with Crippen molar-refractivity contribution in [3.8, 4) is 0 Å². The molecule has 1 fully saturated rings. The van der Waals surface area contributed by atoms with Gasteiger partial charge in [0.1, 0.15) is 5.82 Å². The molecule has 0 aliphatic carbocycles. The molecule has 1 saturated heterocycles. The summed E-state index contributed by atoms with van der Waals surface area (Å²) in [7, 11) is 0. The standard InChI is InChI=1S/C18H19FN2O2/c1-12-2-3-15(16(19)8-12)18(23)21-10-14(17(22)11-21)9-13-4-6-20-7-5-13/h2-8,14,17,22H,9-11H2,1H3/t14-,17-/m1/s1. The number of β-amino-alcohol motifs (C(OH)–C–C–N with tert-alkyl or cyclic N) is 1. The number of carbonyl (C=O) groups is 1. The van der Waals surface area contributed by atoms with E-state index in [1.807, 2.05) is 12.1 Å². The fourth-order valence-corrected chi connectivity index (χ4v) is 3.01. The normalized spacial score (nSPS) is 20.7. The predicted molar refractivity (Wildman–Crippen MR) is 84.5 cm³/mol. The van der Waals surface area contributed by atoms with Crippen molar-refractivity contribution >= 4 is 5.91 Å². The minimum absolute atomic E-state index is 0.0464. The third kappa shape index (κ3) is 3.40. The maximum absolute atomic E-state index is 14.0. The number of benzene rings is 1. The van der Waals surface area contributed by atoms with Crippen molar-refractivity contribution in [3.63, 3.8) is 0 Å². The van der Waals surface area contributed by atoms with Gasteiger partial charge in [0, 0.05) is 31.4 Å². The topological polar surface area (TPSA) is 53.4 Å². The Bertz CT molecular complexity index is 705. The zero-order valence-electron chi connectivity index (χ0n) is 12.9. The first-order valence-corrected chi connectivity index (χ1v) is 7.67. The monoisotopic (exact) mass is 314 g/mol. The first-order valence-electron chi connectivity index (χ1n) is 7.67. The van der Waals surface area contributed by atoms with E-state index in [0.717, 1.165) is 11.1 Å². The molecule has 2 aromatic rings. The Morgan fingerprint density at radius 2 is 2.04 bits per heavy atom. The summed E-state index contributed by atoms with van der Waals surface area (Å²) in [5, 5.41) is 10.2. The number of likely N-dealkylation sites (tertiary alicyclic amines) is 1. The lowest BCUT2D eigenvalue weighted by molar-refractivity contribution is 0.0760. The van der Waals surface area contributed by atoms with Gasteiger partial charge in [0.15, 0.2) is 0 Å². The second kappa shape index (κ2) is 6.46. The van der Waals surface area contributed by atoms with Crippen LogP contribution in [-0.2, 0) is 6.42 Å². The highest BCUT2D eigenvalue weighted by Crippen LogP contribution is 2.24. The van der Waals surface area contributed by atoms with Gasteiger partial charge in [-0.2, -0.15) is 0 Å². The number of amides is 1. The summed E-state index contributed by atoms with van der Waals surface area (Å²) in [5.74, 6) is -0.921. The maximum atomic E-state index is 14.0. The summed E-state index contributed by atoms with van der Waals surface area (Å²) < 4.78 is 14.0. The van der Waals surface area contributed by atoms with Gasteiger partial charge in [-0.3, -0.25) is 9.78 Å². The van der Waals surface area contributed by atoms with E-state index in [4.69, 9.17) is 0 Å². The van der Waals surface area contributed by atoms with E-state index in [0.29, 0.717) is 13.0 Å². The van der Waals surface area contributed by atoms with Crippen molar-refractivity contribution < 1.29 is 14.3 Å². The number of aliphatic hydroxyl groups is 1. The zero-order chi connectivity index (χ0) is 16.4. The van der Waals surface area contributed by atoms with Gasteiger partial charge in [-0.25, -0.2) is 4.39 Å². The number of hydrogen-bond acceptors (Lipinski definition) is 3. The molecule has 23 heavy (non-hydrogen) atoms. The van der Waals surface area contributed by atoms with Crippen LogP contribution in [0.2, 0.25) is 0 Å². The highest BCUT2D eigenvalue weighted by Gasteiger charge is 2.35. The number of aromatic nitrogens is 1. The Labute approximate surface area is 134 Å². The van der Waals surface area contributed by atoms with E-state index < -0.39 is 11.9 Å². The van der Waals surface area contributed by atoms with Gasteiger partial charge in [-0.15, -0.1) is 0 Å². The van der Waals surface area contributed by atoms with Crippen molar-refractivity contribution in [2.75, 3.05) is 13.1 Å². The first kappa shape index (κ1) is 15.6. The molecule has 1 aromatic heterocycles. The Morgan fingerprint density at radius 1 is 1.30 bits per heavy atom. The molecule has 1 aliphatic rings. The molecule has 2 atom stereocenters. The molecule has 4 nitrogen and oxygen atoms in total. The molecule has 1 N–H and O–H groups in total. The van der Waals surface area contributed by atoms with Gasteiger partial charge < -0.3 is 10.0 Å². The van der Waals surface area contributed by atoms with Gasteiger partial charge in [-0.1, -0.05) is 6.07 Å². The summed E-state index contributed by atoms with van der Waals surface area (Å²) in [6.07, 6.45) is 3.49. The lowest BCUT2D eigenvalue weighted by Gasteiger charge is -2.17.